The minimum absolute atomic E-state index is 0.0599. The van der Waals surface area contributed by atoms with Crippen molar-refractivity contribution in [1.82, 2.24) is 4.90 Å². The van der Waals surface area contributed by atoms with E-state index in [4.69, 9.17) is 16.3 Å². The lowest BCUT2D eigenvalue weighted by atomic mass is 10.0. The zero-order chi connectivity index (χ0) is 15.1. The largest absolute Gasteiger partial charge is 0.465 e. The molecular formula is C16H24ClNO2. The van der Waals surface area contributed by atoms with Crippen LogP contribution >= 0.6 is 11.6 Å². The molecule has 2 unspecified atom stereocenters. The van der Waals surface area contributed by atoms with Crippen LogP contribution in [-0.4, -0.2) is 30.6 Å². The number of hydrogen-bond acceptors (Lipinski definition) is 3. The Hall–Kier alpha value is -1.06. The average Bonchev–Trinajstić information content (AvgIpc) is 2.44. The van der Waals surface area contributed by atoms with E-state index < -0.39 is 0 Å². The van der Waals surface area contributed by atoms with Crippen LogP contribution in [0.1, 0.15) is 45.2 Å². The van der Waals surface area contributed by atoms with E-state index in [1.54, 1.807) is 0 Å². The summed E-state index contributed by atoms with van der Waals surface area (Å²) in [5.41, 5.74) is 1.03. The van der Waals surface area contributed by atoms with Crippen molar-refractivity contribution in [3.05, 3.63) is 34.9 Å². The molecule has 0 aliphatic heterocycles. The zero-order valence-electron chi connectivity index (χ0n) is 12.7. The number of benzene rings is 1. The van der Waals surface area contributed by atoms with Crippen molar-refractivity contribution in [2.75, 3.05) is 13.7 Å². The summed E-state index contributed by atoms with van der Waals surface area (Å²) in [6.45, 7) is 6.37. The standard InChI is InChI=1S/C16H24ClNO2/c1-5-9-15(16(19)20-6-2)18(4)12(3)13-10-7-8-11-14(13)17/h7-8,10-12,15H,5-6,9H2,1-4H3. The van der Waals surface area contributed by atoms with Crippen molar-refractivity contribution < 1.29 is 9.53 Å². The summed E-state index contributed by atoms with van der Waals surface area (Å²) in [4.78, 5) is 14.1. The van der Waals surface area contributed by atoms with Crippen molar-refractivity contribution in [3.8, 4) is 0 Å². The van der Waals surface area contributed by atoms with Gasteiger partial charge in [-0.1, -0.05) is 43.1 Å². The Morgan fingerprint density at radius 2 is 2.00 bits per heavy atom. The van der Waals surface area contributed by atoms with E-state index in [9.17, 15) is 4.79 Å². The third-order valence-electron chi connectivity index (χ3n) is 3.58. The van der Waals surface area contributed by atoms with E-state index in [1.165, 1.54) is 0 Å². The molecule has 0 spiro atoms. The normalized spacial score (nSPS) is 14.1. The van der Waals surface area contributed by atoms with Gasteiger partial charge in [0.2, 0.25) is 0 Å². The van der Waals surface area contributed by atoms with Crippen LogP contribution in [0, 0.1) is 0 Å². The SMILES string of the molecule is CCCC(C(=O)OCC)N(C)C(C)c1ccccc1Cl. The number of nitrogens with zero attached hydrogens (tertiary/aromatic N) is 1. The van der Waals surface area contributed by atoms with Crippen LogP contribution in [-0.2, 0) is 9.53 Å². The molecule has 1 rings (SSSR count). The molecule has 0 N–H and O–H groups in total. The molecule has 0 aromatic heterocycles. The molecule has 112 valence electrons. The summed E-state index contributed by atoms with van der Waals surface area (Å²) in [6.07, 6.45) is 1.72. The van der Waals surface area contributed by atoms with Crippen molar-refractivity contribution in [2.45, 2.75) is 45.7 Å². The number of ether oxygens (including phenoxy) is 1. The number of hydrogen-bond donors (Lipinski definition) is 0. The van der Waals surface area contributed by atoms with E-state index in [2.05, 4.69) is 13.8 Å². The fourth-order valence-corrected chi connectivity index (χ4v) is 2.60. The minimum atomic E-state index is -0.230. The monoisotopic (exact) mass is 297 g/mol. The number of carbonyl (C=O) groups is 1. The Morgan fingerprint density at radius 1 is 1.35 bits per heavy atom. The lowest BCUT2D eigenvalue weighted by molar-refractivity contribution is -0.150. The molecule has 2 atom stereocenters. The highest BCUT2D eigenvalue weighted by molar-refractivity contribution is 6.31. The van der Waals surface area contributed by atoms with E-state index in [-0.39, 0.29) is 18.1 Å². The Kier molecular flexibility index (Phi) is 7.03. The zero-order valence-corrected chi connectivity index (χ0v) is 13.5. The molecule has 1 aromatic rings. The Balaban J connectivity index is 2.91. The van der Waals surface area contributed by atoms with Gasteiger partial charge in [0.05, 0.1) is 6.61 Å². The number of rotatable bonds is 7. The predicted octanol–water partition coefficient (Wildman–Crippen LogP) is 4.06. The second kappa shape index (κ2) is 8.28. The van der Waals surface area contributed by atoms with Gasteiger partial charge in [0.1, 0.15) is 6.04 Å². The maximum absolute atomic E-state index is 12.1. The molecule has 0 aliphatic carbocycles. The fourth-order valence-electron chi connectivity index (χ4n) is 2.30. The minimum Gasteiger partial charge on any atom is -0.465 e. The second-order valence-corrected chi connectivity index (χ2v) is 5.33. The highest BCUT2D eigenvalue weighted by Gasteiger charge is 2.28. The third kappa shape index (κ3) is 4.22. The van der Waals surface area contributed by atoms with Gasteiger partial charge in [-0.15, -0.1) is 0 Å². The first-order valence-corrected chi connectivity index (χ1v) is 7.53. The van der Waals surface area contributed by atoms with Crippen molar-refractivity contribution >= 4 is 17.6 Å². The summed E-state index contributed by atoms with van der Waals surface area (Å²) < 4.78 is 5.18. The van der Waals surface area contributed by atoms with E-state index in [0.717, 1.165) is 23.4 Å². The summed E-state index contributed by atoms with van der Waals surface area (Å²) in [5.74, 6) is -0.157. The summed E-state index contributed by atoms with van der Waals surface area (Å²) >= 11 is 6.24. The molecule has 0 heterocycles. The summed E-state index contributed by atoms with van der Waals surface area (Å²) in [5, 5.41) is 0.728. The third-order valence-corrected chi connectivity index (χ3v) is 3.92. The molecule has 0 radical (unpaired) electrons. The first kappa shape index (κ1) is 17.0. The van der Waals surface area contributed by atoms with Gasteiger partial charge in [0.15, 0.2) is 0 Å². The summed E-state index contributed by atoms with van der Waals surface area (Å²) in [7, 11) is 1.95. The van der Waals surface area contributed by atoms with Crippen molar-refractivity contribution in [2.24, 2.45) is 0 Å². The lowest BCUT2D eigenvalue weighted by Gasteiger charge is -2.32. The maximum Gasteiger partial charge on any atom is 0.323 e. The van der Waals surface area contributed by atoms with Crippen LogP contribution in [0.2, 0.25) is 5.02 Å². The molecule has 20 heavy (non-hydrogen) atoms. The van der Waals surface area contributed by atoms with Gasteiger partial charge in [0.25, 0.3) is 0 Å². The molecule has 0 saturated carbocycles. The molecule has 1 aromatic carbocycles. The molecule has 0 bridgehead atoms. The lowest BCUT2D eigenvalue weighted by Crippen LogP contribution is -2.41. The van der Waals surface area contributed by atoms with Gasteiger partial charge in [-0.2, -0.15) is 0 Å². The first-order chi connectivity index (χ1) is 9.52. The van der Waals surface area contributed by atoms with Crippen LogP contribution in [0.15, 0.2) is 24.3 Å². The fraction of sp³-hybridized carbons (Fsp3) is 0.562. The van der Waals surface area contributed by atoms with Gasteiger partial charge < -0.3 is 4.74 Å². The van der Waals surface area contributed by atoms with Crippen LogP contribution in [0.4, 0.5) is 0 Å². The Bertz CT molecular complexity index is 436. The van der Waals surface area contributed by atoms with Crippen LogP contribution in [0.25, 0.3) is 0 Å². The number of halogens is 1. The quantitative estimate of drug-likeness (QED) is 0.711. The molecular weight excluding hydrogens is 274 g/mol. The Labute approximate surface area is 126 Å². The van der Waals surface area contributed by atoms with Crippen LogP contribution < -0.4 is 0 Å². The van der Waals surface area contributed by atoms with Crippen molar-refractivity contribution in [1.29, 1.82) is 0 Å². The van der Waals surface area contributed by atoms with E-state index in [1.807, 2.05) is 43.1 Å². The Morgan fingerprint density at radius 3 is 2.55 bits per heavy atom. The molecule has 0 fully saturated rings. The molecule has 0 amide bonds. The first-order valence-electron chi connectivity index (χ1n) is 7.15. The van der Waals surface area contributed by atoms with Gasteiger partial charge in [-0.05, 0) is 38.9 Å². The number of likely N-dealkylation sites (N-methyl/N-ethyl adjacent to an activating group) is 1. The van der Waals surface area contributed by atoms with Crippen LogP contribution in [0.5, 0.6) is 0 Å². The second-order valence-electron chi connectivity index (χ2n) is 4.92. The van der Waals surface area contributed by atoms with Gasteiger partial charge >= 0.3 is 5.97 Å². The highest BCUT2D eigenvalue weighted by Crippen LogP contribution is 2.28. The molecule has 0 saturated heterocycles. The molecule has 3 nitrogen and oxygen atoms in total. The van der Waals surface area contributed by atoms with E-state index >= 15 is 0 Å². The van der Waals surface area contributed by atoms with Crippen molar-refractivity contribution in [3.63, 3.8) is 0 Å². The number of carbonyl (C=O) groups excluding carboxylic acids is 1. The van der Waals surface area contributed by atoms with Crippen LogP contribution in [0.3, 0.4) is 0 Å². The van der Waals surface area contributed by atoms with Gasteiger partial charge in [-0.25, -0.2) is 0 Å². The number of esters is 1. The maximum atomic E-state index is 12.1. The molecule has 0 aliphatic rings. The average molecular weight is 298 g/mol. The topological polar surface area (TPSA) is 29.5 Å². The molecule has 4 heteroatoms. The van der Waals surface area contributed by atoms with Gasteiger partial charge in [-0.3, -0.25) is 9.69 Å². The highest BCUT2D eigenvalue weighted by atomic mass is 35.5. The summed E-state index contributed by atoms with van der Waals surface area (Å²) in [6, 6.07) is 7.58. The smallest absolute Gasteiger partial charge is 0.323 e. The van der Waals surface area contributed by atoms with E-state index in [0.29, 0.717) is 6.61 Å². The van der Waals surface area contributed by atoms with Gasteiger partial charge in [0, 0.05) is 11.1 Å². The predicted molar refractivity (Wildman–Crippen MR) is 83.0 cm³/mol.